The third-order valence-corrected chi connectivity index (χ3v) is 8.18. The smallest absolute Gasteiger partial charge is 0.253 e. The summed E-state index contributed by atoms with van der Waals surface area (Å²) in [7, 11) is -3.69. The van der Waals surface area contributed by atoms with Crippen LogP contribution in [0.25, 0.3) is 5.69 Å². The Morgan fingerprint density at radius 3 is 2.69 bits per heavy atom. The van der Waals surface area contributed by atoms with Gasteiger partial charge >= 0.3 is 0 Å². The number of nitrogens with zero attached hydrogens (tertiary/aromatic N) is 3. The van der Waals surface area contributed by atoms with E-state index >= 15 is 0 Å². The van der Waals surface area contributed by atoms with Crippen molar-refractivity contribution >= 4 is 33.1 Å². The molecule has 3 heterocycles. The molecule has 0 radical (unpaired) electrons. The number of amides is 1. The maximum Gasteiger partial charge on any atom is 0.253 e. The highest BCUT2D eigenvalue weighted by Gasteiger charge is 2.38. The number of thiophene rings is 1. The Kier molecular flexibility index (Phi) is 5.53. The number of hydrogen-bond donors (Lipinski definition) is 1. The molecule has 152 valence electrons. The molecule has 0 bridgehead atoms. The van der Waals surface area contributed by atoms with Gasteiger partial charge in [-0.2, -0.15) is 9.40 Å². The van der Waals surface area contributed by atoms with E-state index in [2.05, 4.69) is 10.4 Å². The van der Waals surface area contributed by atoms with Gasteiger partial charge in [-0.3, -0.25) is 4.79 Å². The first kappa shape index (κ1) is 19.8. The molecule has 0 spiro atoms. The normalized spacial score (nSPS) is 17.9. The number of hydrogen-bond acceptors (Lipinski definition) is 5. The molecule has 1 aliphatic rings. The number of piperidine rings is 1. The molecule has 1 amide bonds. The molecule has 4 rings (SSSR count). The van der Waals surface area contributed by atoms with Gasteiger partial charge in [-0.1, -0.05) is 30.7 Å². The number of nitrogens with one attached hydrogen (secondary N) is 1. The van der Waals surface area contributed by atoms with Gasteiger partial charge in [0.1, 0.15) is 16.1 Å². The van der Waals surface area contributed by atoms with Crippen molar-refractivity contribution in [3.63, 3.8) is 0 Å². The summed E-state index contributed by atoms with van der Waals surface area (Å²) in [6.07, 6.45) is 2.05. The average molecular weight is 431 g/mol. The van der Waals surface area contributed by atoms with Crippen LogP contribution in [0.1, 0.15) is 25.0 Å². The van der Waals surface area contributed by atoms with Crippen LogP contribution in [0.4, 0.5) is 5.82 Å². The fraction of sp³-hybridized carbons (Fsp3) is 0.300. The molecule has 1 aliphatic heterocycles. The van der Waals surface area contributed by atoms with Crippen molar-refractivity contribution in [3.8, 4) is 5.69 Å². The van der Waals surface area contributed by atoms with Crippen molar-refractivity contribution < 1.29 is 13.2 Å². The van der Waals surface area contributed by atoms with E-state index in [4.69, 9.17) is 0 Å². The number of aryl methyl sites for hydroxylation is 1. The summed E-state index contributed by atoms with van der Waals surface area (Å²) >= 11 is 1.17. The fourth-order valence-electron chi connectivity index (χ4n) is 3.54. The van der Waals surface area contributed by atoms with Crippen molar-refractivity contribution in [3.05, 3.63) is 59.6 Å². The van der Waals surface area contributed by atoms with Crippen molar-refractivity contribution in [2.75, 3.05) is 11.9 Å². The quantitative estimate of drug-likeness (QED) is 0.672. The number of anilines is 1. The predicted molar refractivity (Wildman–Crippen MR) is 113 cm³/mol. The minimum Gasteiger partial charge on any atom is -0.309 e. The molecule has 1 fully saturated rings. The minimum atomic E-state index is -3.69. The topological polar surface area (TPSA) is 84.3 Å². The lowest BCUT2D eigenvalue weighted by atomic mass is 10.0. The molecule has 7 nitrogen and oxygen atoms in total. The molecule has 2 aromatic heterocycles. The van der Waals surface area contributed by atoms with Gasteiger partial charge < -0.3 is 5.32 Å². The van der Waals surface area contributed by atoms with E-state index in [1.807, 2.05) is 37.3 Å². The van der Waals surface area contributed by atoms with Gasteiger partial charge in [0.2, 0.25) is 5.91 Å². The molecule has 1 saturated heterocycles. The Morgan fingerprint density at radius 2 is 1.97 bits per heavy atom. The lowest BCUT2D eigenvalue weighted by molar-refractivity contribution is -0.120. The van der Waals surface area contributed by atoms with Gasteiger partial charge in [0.25, 0.3) is 10.0 Å². The molecule has 0 saturated carbocycles. The van der Waals surface area contributed by atoms with E-state index < -0.39 is 16.1 Å². The van der Waals surface area contributed by atoms with Crippen molar-refractivity contribution in [2.45, 2.75) is 36.4 Å². The standard InChI is InChI=1S/C20H22N4O3S2/c1-15-14-18(24(22-15)16-8-3-2-4-9-16)21-20(25)17-10-5-6-12-23(17)29(26,27)19-11-7-13-28-19/h2-4,7-9,11,13-14,17H,5-6,10,12H2,1H3,(H,21,25). The summed E-state index contributed by atoms with van der Waals surface area (Å²) in [6, 6.07) is 13.8. The zero-order valence-electron chi connectivity index (χ0n) is 16.0. The molecule has 0 aliphatic carbocycles. The van der Waals surface area contributed by atoms with Crippen LogP contribution in [0.5, 0.6) is 0 Å². The Morgan fingerprint density at radius 1 is 1.17 bits per heavy atom. The van der Waals surface area contributed by atoms with E-state index in [0.717, 1.165) is 24.2 Å². The van der Waals surface area contributed by atoms with Gasteiger partial charge in [-0.25, -0.2) is 13.1 Å². The summed E-state index contributed by atoms with van der Waals surface area (Å²) < 4.78 is 29.4. The van der Waals surface area contributed by atoms with E-state index in [1.54, 1.807) is 28.3 Å². The zero-order chi connectivity index (χ0) is 20.4. The third-order valence-electron chi connectivity index (χ3n) is 4.90. The van der Waals surface area contributed by atoms with Crippen LogP contribution >= 0.6 is 11.3 Å². The second-order valence-corrected chi connectivity index (χ2v) is 10.0. The van der Waals surface area contributed by atoms with Gasteiger partial charge in [-0.15, -0.1) is 11.3 Å². The van der Waals surface area contributed by atoms with Crippen molar-refractivity contribution in [1.29, 1.82) is 0 Å². The maximum absolute atomic E-state index is 13.1. The average Bonchev–Trinajstić information content (AvgIpc) is 3.39. The Bertz CT molecular complexity index is 1090. The summed E-state index contributed by atoms with van der Waals surface area (Å²) in [4.78, 5) is 13.1. The second kappa shape index (κ2) is 8.10. The maximum atomic E-state index is 13.1. The molecule has 1 atom stereocenters. The largest absolute Gasteiger partial charge is 0.309 e. The van der Waals surface area contributed by atoms with Crippen LogP contribution in [0.2, 0.25) is 0 Å². The summed E-state index contributed by atoms with van der Waals surface area (Å²) in [5.41, 5.74) is 1.58. The number of para-hydroxylation sites is 1. The molecule has 1 unspecified atom stereocenters. The van der Waals surface area contributed by atoms with E-state index in [0.29, 0.717) is 18.8 Å². The van der Waals surface area contributed by atoms with Crippen LogP contribution in [-0.4, -0.2) is 41.0 Å². The second-order valence-electron chi connectivity index (χ2n) is 6.97. The first-order chi connectivity index (χ1) is 14.0. The lowest BCUT2D eigenvalue weighted by Crippen LogP contribution is -2.49. The van der Waals surface area contributed by atoms with Crippen molar-refractivity contribution in [2.24, 2.45) is 0 Å². The van der Waals surface area contributed by atoms with Gasteiger partial charge in [-0.05, 0) is 43.3 Å². The Hall–Kier alpha value is -2.49. The minimum absolute atomic E-state index is 0.266. The number of rotatable bonds is 5. The predicted octanol–water partition coefficient (Wildman–Crippen LogP) is 3.42. The zero-order valence-corrected chi connectivity index (χ0v) is 17.6. The van der Waals surface area contributed by atoms with Crippen LogP contribution in [0.3, 0.4) is 0 Å². The Labute approximate surface area is 174 Å². The number of carbonyl (C=O) groups excluding carboxylic acids is 1. The highest BCUT2D eigenvalue weighted by Crippen LogP contribution is 2.29. The third kappa shape index (κ3) is 3.98. The highest BCUT2D eigenvalue weighted by atomic mass is 32.2. The molecule has 1 N–H and O–H groups in total. The van der Waals surface area contributed by atoms with Crippen molar-refractivity contribution in [1.82, 2.24) is 14.1 Å². The van der Waals surface area contributed by atoms with Crippen LogP contribution < -0.4 is 5.32 Å². The summed E-state index contributed by atoms with van der Waals surface area (Å²) in [6.45, 7) is 2.19. The summed E-state index contributed by atoms with van der Waals surface area (Å²) in [5.74, 6) is 0.194. The molecule has 29 heavy (non-hydrogen) atoms. The summed E-state index contributed by atoms with van der Waals surface area (Å²) in [5, 5.41) is 9.09. The number of benzene rings is 1. The van der Waals surface area contributed by atoms with Gasteiger partial charge in [0.05, 0.1) is 11.4 Å². The molecule has 9 heteroatoms. The molecular weight excluding hydrogens is 408 g/mol. The molecular formula is C20H22N4O3S2. The first-order valence-electron chi connectivity index (χ1n) is 9.45. The number of carbonyl (C=O) groups is 1. The first-order valence-corrected chi connectivity index (χ1v) is 11.8. The Balaban J connectivity index is 1.61. The molecule has 3 aromatic rings. The monoisotopic (exact) mass is 430 g/mol. The van der Waals surface area contributed by atoms with Gasteiger partial charge in [0, 0.05) is 12.6 Å². The van der Waals surface area contributed by atoms with Crippen LogP contribution in [0.15, 0.2) is 58.1 Å². The van der Waals surface area contributed by atoms with E-state index in [9.17, 15) is 13.2 Å². The number of aromatic nitrogens is 2. The lowest BCUT2D eigenvalue weighted by Gasteiger charge is -2.33. The van der Waals surface area contributed by atoms with Gasteiger partial charge in [0.15, 0.2) is 0 Å². The fourth-order valence-corrected chi connectivity index (χ4v) is 6.32. The SMILES string of the molecule is Cc1cc(NC(=O)C2CCCCN2S(=O)(=O)c2cccs2)n(-c2ccccc2)n1. The van der Waals surface area contributed by atoms with Crippen LogP contribution in [0, 0.1) is 6.92 Å². The van der Waals surface area contributed by atoms with Crippen LogP contribution in [-0.2, 0) is 14.8 Å². The highest BCUT2D eigenvalue weighted by molar-refractivity contribution is 7.91. The number of sulfonamides is 1. The van der Waals surface area contributed by atoms with E-state index in [-0.39, 0.29) is 10.1 Å². The van der Waals surface area contributed by atoms with E-state index in [1.165, 1.54) is 15.6 Å². The molecule has 1 aromatic carbocycles.